The molecule has 0 aliphatic rings. The van der Waals surface area contributed by atoms with Crippen LogP contribution in [0.15, 0.2) is 42.5 Å². The second-order valence-electron chi connectivity index (χ2n) is 8.03. The zero-order valence-corrected chi connectivity index (χ0v) is 18.9. The molecule has 0 saturated heterocycles. The van der Waals surface area contributed by atoms with Crippen molar-refractivity contribution in [2.24, 2.45) is 5.73 Å². The molecule has 0 bridgehead atoms. The van der Waals surface area contributed by atoms with Gasteiger partial charge in [0.2, 0.25) is 5.91 Å². The first-order chi connectivity index (χ1) is 15.6. The van der Waals surface area contributed by atoms with E-state index in [0.29, 0.717) is 22.6 Å². The molecule has 180 valence electrons. The molecule has 0 aliphatic heterocycles. The molecule has 4 N–H and O–H groups in total. The van der Waals surface area contributed by atoms with E-state index in [-0.39, 0.29) is 43.0 Å². The number of primary amides is 1. The molecule has 0 fully saturated rings. The standard InChI is InChI=1S/C24H26FN5O3.CH4/c1-13(2)20-21(28-15(4)31)22(23(26)32)30(29-20)18-9-6-16(7-10-18)12-27-24(33)19-11-17(25)8-5-14(19)3;/h5-11,13H,12H2,1-4H3,(H2,26,32)(H,27,33)(H,28,31);1H4. The van der Waals surface area contributed by atoms with Gasteiger partial charge in [-0.1, -0.05) is 39.5 Å². The number of nitrogens with one attached hydrogen (secondary N) is 2. The number of hydrogen-bond donors (Lipinski definition) is 3. The third-order valence-corrected chi connectivity index (χ3v) is 5.07. The number of aromatic nitrogens is 2. The maximum absolute atomic E-state index is 13.5. The maximum Gasteiger partial charge on any atom is 0.269 e. The fourth-order valence-corrected chi connectivity index (χ4v) is 3.42. The van der Waals surface area contributed by atoms with Crippen LogP contribution in [0, 0.1) is 12.7 Å². The predicted molar refractivity (Wildman–Crippen MR) is 130 cm³/mol. The van der Waals surface area contributed by atoms with Gasteiger partial charge in [0.15, 0.2) is 5.69 Å². The Kier molecular flexibility index (Phi) is 8.29. The molecule has 0 radical (unpaired) electrons. The number of nitrogens with two attached hydrogens (primary N) is 1. The third-order valence-electron chi connectivity index (χ3n) is 5.07. The number of aryl methyl sites for hydroxylation is 1. The fraction of sp³-hybridized carbons (Fsp3) is 0.280. The molecule has 1 heterocycles. The van der Waals surface area contributed by atoms with Crippen LogP contribution in [0.3, 0.4) is 0 Å². The van der Waals surface area contributed by atoms with Crippen LogP contribution in [-0.2, 0) is 11.3 Å². The Labute approximate surface area is 198 Å². The summed E-state index contributed by atoms with van der Waals surface area (Å²) in [6.45, 7) is 7.11. The summed E-state index contributed by atoms with van der Waals surface area (Å²) in [6.07, 6.45) is 0. The minimum atomic E-state index is -0.722. The number of carbonyl (C=O) groups excluding carboxylic acids is 3. The van der Waals surface area contributed by atoms with E-state index >= 15 is 0 Å². The van der Waals surface area contributed by atoms with Crippen LogP contribution in [0.5, 0.6) is 0 Å². The summed E-state index contributed by atoms with van der Waals surface area (Å²) in [5.41, 5.74) is 8.84. The molecule has 0 saturated carbocycles. The Morgan fingerprint density at radius 2 is 1.76 bits per heavy atom. The van der Waals surface area contributed by atoms with E-state index in [9.17, 15) is 18.8 Å². The monoisotopic (exact) mass is 467 g/mol. The predicted octanol–water partition coefficient (Wildman–Crippen LogP) is 4.07. The number of anilines is 1. The van der Waals surface area contributed by atoms with E-state index < -0.39 is 11.7 Å². The second-order valence-corrected chi connectivity index (χ2v) is 8.03. The lowest BCUT2D eigenvalue weighted by Crippen LogP contribution is -2.23. The fourth-order valence-electron chi connectivity index (χ4n) is 3.42. The Hall–Kier alpha value is -4.01. The van der Waals surface area contributed by atoms with E-state index in [1.165, 1.54) is 23.7 Å². The SMILES string of the molecule is C.CC(=O)Nc1c(C(C)C)nn(-c2ccc(CNC(=O)c3cc(F)ccc3C)cc2)c1C(N)=O. The first kappa shape index (κ1) is 26.2. The first-order valence-corrected chi connectivity index (χ1v) is 10.4. The maximum atomic E-state index is 13.5. The summed E-state index contributed by atoms with van der Waals surface area (Å²) in [4.78, 5) is 36.3. The van der Waals surface area contributed by atoms with Gasteiger partial charge < -0.3 is 16.4 Å². The third kappa shape index (κ3) is 5.67. The number of amides is 3. The summed E-state index contributed by atoms with van der Waals surface area (Å²) in [7, 11) is 0. The average Bonchev–Trinajstić information content (AvgIpc) is 3.13. The quantitative estimate of drug-likeness (QED) is 0.485. The molecule has 0 unspecified atom stereocenters. The second kappa shape index (κ2) is 10.7. The molecule has 3 amide bonds. The van der Waals surface area contributed by atoms with Crippen molar-refractivity contribution < 1.29 is 18.8 Å². The van der Waals surface area contributed by atoms with Gasteiger partial charge >= 0.3 is 0 Å². The summed E-state index contributed by atoms with van der Waals surface area (Å²) in [5, 5.41) is 9.95. The van der Waals surface area contributed by atoms with Gasteiger partial charge in [-0.3, -0.25) is 14.4 Å². The van der Waals surface area contributed by atoms with E-state index in [1.807, 2.05) is 13.8 Å². The Morgan fingerprint density at radius 1 is 1.12 bits per heavy atom. The molecule has 1 aromatic heterocycles. The van der Waals surface area contributed by atoms with Gasteiger partial charge in [0.05, 0.1) is 17.1 Å². The molecular weight excluding hydrogens is 437 g/mol. The summed E-state index contributed by atoms with van der Waals surface area (Å²) in [5.74, 6) is -1.97. The molecular formula is C25H30FN5O3. The van der Waals surface area contributed by atoms with Gasteiger partial charge in [0, 0.05) is 19.0 Å². The lowest BCUT2D eigenvalue weighted by atomic mass is 10.1. The van der Waals surface area contributed by atoms with Crippen LogP contribution in [0.2, 0.25) is 0 Å². The Bertz CT molecular complexity index is 1220. The van der Waals surface area contributed by atoms with Crippen molar-refractivity contribution in [3.05, 3.63) is 76.4 Å². The highest BCUT2D eigenvalue weighted by molar-refractivity contribution is 6.02. The van der Waals surface area contributed by atoms with Crippen molar-refractivity contribution in [1.82, 2.24) is 15.1 Å². The van der Waals surface area contributed by atoms with Crippen LogP contribution in [-0.4, -0.2) is 27.5 Å². The molecule has 0 atom stereocenters. The summed E-state index contributed by atoms with van der Waals surface area (Å²) < 4.78 is 14.9. The van der Waals surface area contributed by atoms with Crippen LogP contribution in [0.25, 0.3) is 5.69 Å². The van der Waals surface area contributed by atoms with E-state index in [2.05, 4.69) is 15.7 Å². The molecule has 3 aromatic rings. The zero-order valence-electron chi connectivity index (χ0n) is 18.9. The minimum Gasteiger partial charge on any atom is -0.364 e. The topological polar surface area (TPSA) is 119 Å². The zero-order chi connectivity index (χ0) is 24.3. The number of nitrogens with zero attached hydrogens (tertiary/aromatic N) is 2. The van der Waals surface area contributed by atoms with Crippen molar-refractivity contribution >= 4 is 23.4 Å². The lowest BCUT2D eigenvalue weighted by Gasteiger charge is -2.10. The molecule has 0 aliphatic carbocycles. The molecule has 3 rings (SSSR count). The van der Waals surface area contributed by atoms with Crippen molar-refractivity contribution in [3.63, 3.8) is 0 Å². The summed E-state index contributed by atoms with van der Waals surface area (Å²) >= 11 is 0. The van der Waals surface area contributed by atoms with E-state index in [0.717, 1.165) is 5.56 Å². The highest BCUT2D eigenvalue weighted by Gasteiger charge is 2.25. The largest absolute Gasteiger partial charge is 0.364 e. The molecule has 2 aromatic carbocycles. The normalized spacial score (nSPS) is 10.5. The van der Waals surface area contributed by atoms with Crippen LogP contribution in [0.1, 0.15) is 71.8 Å². The molecule has 8 nitrogen and oxygen atoms in total. The molecule has 34 heavy (non-hydrogen) atoms. The smallest absolute Gasteiger partial charge is 0.269 e. The summed E-state index contributed by atoms with van der Waals surface area (Å²) in [6, 6.07) is 11.1. The van der Waals surface area contributed by atoms with Crippen LogP contribution < -0.4 is 16.4 Å². The molecule has 0 spiro atoms. The molecule has 9 heteroatoms. The van der Waals surface area contributed by atoms with Gasteiger partial charge in [0.1, 0.15) is 5.82 Å². The van der Waals surface area contributed by atoms with Gasteiger partial charge in [0.25, 0.3) is 11.8 Å². The van der Waals surface area contributed by atoms with Crippen molar-refractivity contribution in [2.45, 2.75) is 47.6 Å². The number of carbonyl (C=O) groups is 3. The van der Waals surface area contributed by atoms with E-state index in [4.69, 9.17) is 5.73 Å². The highest BCUT2D eigenvalue weighted by Crippen LogP contribution is 2.29. The van der Waals surface area contributed by atoms with Crippen LogP contribution in [0.4, 0.5) is 10.1 Å². The first-order valence-electron chi connectivity index (χ1n) is 10.4. The Balaban J connectivity index is 0.00000408. The van der Waals surface area contributed by atoms with Gasteiger partial charge in [-0.15, -0.1) is 0 Å². The van der Waals surface area contributed by atoms with Gasteiger partial charge in [-0.25, -0.2) is 9.07 Å². The van der Waals surface area contributed by atoms with Gasteiger partial charge in [-0.05, 0) is 48.2 Å². The average molecular weight is 468 g/mol. The number of rotatable bonds is 7. The highest BCUT2D eigenvalue weighted by atomic mass is 19.1. The lowest BCUT2D eigenvalue weighted by molar-refractivity contribution is -0.114. The number of halogens is 1. The van der Waals surface area contributed by atoms with Crippen molar-refractivity contribution in [1.29, 1.82) is 0 Å². The van der Waals surface area contributed by atoms with E-state index in [1.54, 1.807) is 37.3 Å². The van der Waals surface area contributed by atoms with Crippen molar-refractivity contribution in [3.8, 4) is 5.69 Å². The van der Waals surface area contributed by atoms with Crippen LogP contribution >= 0.6 is 0 Å². The minimum absolute atomic E-state index is 0. The number of benzene rings is 2. The number of hydrogen-bond acceptors (Lipinski definition) is 4. The van der Waals surface area contributed by atoms with Crippen molar-refractivity contribution in [2.75, 3.05) is 5.32 Å². The Morgan fingerprint density at radius 3 is 2.32 bits per heavy atom. The van der Waals surface area contributed by atoms with Gasteiger partial charge in [-0.2, -0.15) is 5.10 Å².